The second kappa shape index (κ2) is 7.14. The van der Waals surface area contributed by atoms with Crippen LogP contribution in [0.1, 0.15) is 18.5 Å². The Morgan fingerprint density at radius 3 is 2.96 bits per heavy atom. The molecule has 0 bridgehead atoms. The third kappa shape index (κ3) is 3.92. The van der Waals surface area contributed by atoms with Gasteiger partial charge < -0.3 is 10.2 Å². The summed E-state index contributed by atoms with van der Waals surface area (Å²) < 4.78 is 0.889. The van der Waals surface area contributed by atoms with Crippen LogP contribution in [-0.2, 0) is 9.59 Å². The fourth-order valence-electron chi connectivity index (χ4n) is 2.43. The topological polar surface area (TPSA) is 62.3 Å². The number of nitrogens with one attached hydrogen (secondary N) is 1. The lowest BCUT2D eigenvalue weighted by Crippen LogP contribution is -2.25. The molecule has 1 N–H and O–H groups in total. The van der Waals surface area contributed by atoms with E-state index in [1.165, 1.54) is 11.8 Å². The number of hydrogen-bond donors (Lipinski definition) is 1. The molecule has 5 nitrogen and oxygen atoms in total. The number of para-hydroxylation sites is 2. The Kier molecular flexibility index (Phi) is 4.97. The molecule has 7 heteroatoms. The molecule has 0 spiro atoms. The molecule has 3 rings (SSSR count). The van der Waals surface area contributed by atoms with E-state index in [2.05, 4.69) is 10.3 Å². The zero-order chi connectivity index (χ0) is 16.2. The van der Waals surface area contributed by atoms with Crippen LogP contribution in [0.25, 0.3) is 0 Å². The quantitative estimate of drug-likeness (QED) is 0.843. The predicted octanol–water partition coefficient (Wildman–Crippen LogP) is 3.31. The van der Waals surface area contributed by atoms with Crippen molar-refractivity contribution in [2.75, 3.05) is 22.5 Å². The maximum absolute atomic E-state index is 12.2. The zero-order valence-corrected chi connectivity index (χ0v) is 14.4. The van der Waals surface area contributed by atoms with Crippen LogP contribution in [0.5, 0.6) is 0 Å². The van der Waals surface area contributed by atoms with E-state index in [4.69, 9.17) is 0 Å². The molecule has 1 aromatic carbocycles. The van der Waals surface area contributed by atoms with E-state index in [1.807, 2.05) is 36.6 Å². The highest BCUT2D eigenvalue weighted by molar-refractivity contribution is 8.01. The van der Waals surface area contributed by atoms with Crippen LogP contribution in [-0.4, -0.2) is 29.1 Å². The van der Waals surface area contributed by atoms with Gasteiger partial charge in [-0.3, -0.25) is 9.59 Å². The molecule has 120 valence electrons. The number of carbonyl (C=O) groups excluding carboxylic acids is 2. The summed E-state index contributed by atoms with van der Waals surface area (Å²) in [6.45, 7) is 2.64. The summed E-state index contributed by atoms with van der Waals surface area (Å²) in [6.07, 6.45) is 1.43. The highest BCUT2D eigenvalue weighted by Gasteiger charge is 2.24. The maximum atomic E-state index is 12.2. The molecular weight excluding hydrogens is 330 g/mol. The van der Waals surface area contributed by atoms with Crippen LogP contribution in [0, 0.1) is 6.92 Å². The van der Waals surface area contributed by atoms with E-state index in [9.17, 15) is 9.59 Å². The number of benzene rings is 1. The van der Waals surface area contributed by atoms with Gasteiger partial charge in [-0.25, -0.2) is 4.98 Å². The molecular formula is C16H17N3O2S2. The number of thioether (sulfide) groups is 1. The Balaban J connectivity index is 1.65. The first-order valence-electron chi connectivity index (χ1n) is 7.37. The molecule has 0 unspecified atom stereocenters. The number of hydrogen-bond acceptors (Lipinski definition) is 5. The highest BCUT2D eigenvalue weighted by Crippen LogP contribution is 2.30. The minimum Gasteiger partial charge on any atom is -0.324 e. The van der Waals surface area contributed by atoms with Crippen LogP contribution in [0.4, 0.5) is 11.4 Å². The molecule has 0 saturated carbocycles. The van der Waals surface area contributed by atoms with Crippen LogP contribution in [0.15, 0.2) is 34.0 Å². The number of thiazole rings is 1. The number of aryl methyl sites for hydroxylation is 1. The predicted molar refractivity (Wildman–Crippen MR) is 94.2 cm³/mol. The van der Waals surface area contributed by atoms with Gasteiger partial charge >= 0.3 is 0 Å². The molecule has 2 aromatic rings. The first-order valence-corrected chi connectivity index (χ1v) is 9.24. The van der Waals surface area contributed by atoms with Gasteiger partial charge in [0.05, 0.1) is 17.1 Å². The Labute approximate surface area is 143 Å². The summed E-state index contributed by atoms with van der Waals surface area (Å²) in [7, 11) is 0. The molecule has 1 aromatic heterocycles. The Morgan fingerprint density at radius 1 is 1.43 bits per heavy atom. The standard InChI is InChI=1S/C16H17N3O2S2/c1-11-9-22-16(17-11)23-10-14(20)18-12-5-2-3-6-13(12)19-8-4-7-15(19)21/h2-3,5-6,9H,4,7-8,10H2,1H3,(H,18,20). The Hall–Kier alpha value is -1.86. The van der Waals surface area contributed by atoms with E-state index in [0.717, 1.165) is 22.1 Å². The molecule has 1 fully saturated rings. The van der Waals surface area contributed by atoms with Crippen molar-refractivity contribution < 1.29 is 9.59 Å². The summed E-state index contributed by atoms with van der Waals surface area (Å²) in [5.74, 6) is 0.316. The zero-order valence-electron chi connectivity index (χ0n) is 12.7. The third-order valence-electron chi connectivity index (χ3n) is 3.47. The smallest absolute Gasteiger partial charge is 0.234 e. The summed E-state index contributed by atoms with van der Waals surface area (Å²) in [5.41, 5.74) is 2.43. The van der Waals surface area contributed by atoms with Gasteiger partial charge in [0, 0.05) is 24.0 Å². The van der Waals surface area contributed by atoms with Crippen molar-refractivity contribution >= 4 is 46.3 Å². The molecule has 1 aliphatic heterocycles. The van der Waals surface area contributed by atoms with Crippen molar-refractivity contribution in [2.45, 2.75) is 24.1 Å². The number of rotatable bonds is 5. The summed E-state index contributed by atoms with van der Waals surface area (Å²) >= 11 is 2.96. The van der Waals surface area contributed by atoms with Crippen molar-refractivity contribution in [3.63, 3.8) is 0 Å². The average Bonchev–Trinajstić information content (AvgIpc) is 3.14. The number of amides is 2. The van der Waals surface area contributed by atoms with Crippen LogP contribution in [0.2, 0.25) is 0 Å². The molecule has 23 heavy (non-hydrogen) atoms. The van der Waals surface area contributed by atoms with Gasteiger partial charge in [0.15, 0.2) is 4.34 Å². The molecule has 1 saturated heterocycles. The molecule has 0 aliphatic carbocycles. The van der Waals surface area contributed by atoms with E-state index in [0.29, 0.717) is 24.4 Å². The maximum Gasteiger partial charge on any atom is 0.234 e. The van der Waals surface area contributed by atoms with Crippen LogP contribution < -0.4 is 10.2 Å². The van der Waals surface area contributed by atoms with Gasteiger partial charge in [0.25, 0.3) is 0 Å². The monoisotopic (exact) mass is 347 g/mol. The highest BCUT2D eigenvalue weighted by atomic mass is 32.2. The molecule has 0 radical (unpaired) electrons. The number of aromatic nitrogens is 1. The second-order valence-corrected chi connectivity index (χ2v) is 7.34. The first kappa shape index (κ1) is 16.0. The lowest BCUT2D eigenvalue weighted by Gasteiger charge is -2.19. The van der Waals surface area contributed by atoms with Gasteiger partial charge in [0.2, 0.25) is 11.8 Å². The fraction of sp³-hybridized carbons (Fsp3) is 0.312. The summed E-state index contributed by atoms with van der Waals surface area (Å²) in [5, 5.41) is 4.88. The van der Waals surface area contributed by atoms with Crippen molar-refractivity contribution in [2.24, 2.45) is 0 Å². The third-order valence-corrected chi connectivity index (χ3v) is 5.61. The van der Waals surface area contributed by atoms with Gasteiger partial charge in [-0.1, -0.05) is 23.9 Å². The molecule has 0 atom stereocenters. The van der Waals surface area contributed by atoms with Crippen molar-refractivity contribution in [1.29, 1.82) is 0 Å². The van der Waals surface area contributed by atoms with Gasteiger partial charge in [-0.15, -0.1) is 11.3 Å². The Morgan fingerprint density at radius 2 is 2.26 bits per heavy atom. The lowest BCUT2D eigenvalue weighted by molar-refractivity contribution is -0.117. The van der Waals surface area contributed by atoms with Crippen molar-refractivity contribution in [3.8, 4) is 0 Å². The largest absolute Gasteiger partial charge is 0.324 e. The minimum absolute atomic E-state index is 0.0954. The van der Waals surface area contributed by atoms with E-state index >= 15 is 0 Å². The molecule has 2 heterocycles. The van der Waals surface area contributed by atoms with Gasteiger partial charge in [-0.05, 0) is 25.5 Å². The number of carbonyl (C=O) groups is 2. The second-order valence-electron chi connectivity index (χ2n) is 5.26. The lowest BCUT2D eigenvalue weighted by atomic mass is 10.2. The molecule has 2 amide bonds. The van der Waals surface area contributed by atoms with E-state index in [-0.39, 0.29) is 11.8 Å². The van der Waals surface area contributed by atoms with Gasteiger partial charge in [-0.2, -0.15) is 0 Å². The summed E-state index contributed by atoms with van der Waals surface area (Å²) in [6, 6.07) is 7.44. The van der Waals surface area contributed by atoms with Crippen molar-refractivity contribution in [3.05, 3.63) is 35.3 Å². The normalized spacial score (nSPS) is 14.3. The first-order chi connectivity index (χ1) is 11.1. The van der Waals surface area contributed by atoms with Crippen LogP contribution >= 0.6 is 23.1 Å². The minimum atomic E-state index is -0.0954. The summed E-state index contributed by atoms with van der Waals surface area (Å²) in [4.78, 5) is 30.2. The number of anilines is 2. The van der Waals surface area contributed by atoms with Gasteiger partial charge in [0.1, 0.15) is 0 Å². The SMILES string of the molecule is Cc1csc(SCC(=O)Nc2ccccc2N2CCCC2=O)n1. The Bertz CT molecular complexity index is 730. The van der Waals surface area contributed by atoms with E-state index in [1.54, 1.807) is 16.2 Å². The molecule has 1 aliphatic rings. The van der Waals surface area contributed by atoms with Crippen LogP contribution in [0.3, 0.4) is 0 Å². The van der Waals surface area contributed by atoms with Crippen molar-refractivity contribution in [1.82, 2.24) is 4.98 Å². The van der Waals surface area contributed by atoms with E-state index < -0.39 is 0 Å². The average molecular weight is 347 g/mol. The number of nitrogens with zero attached hydrogens (tertiary/aromatic N) is 2. The fourth-order valence-corrected chi connectivity index (χ4v) is 4.08.